The third kappa shape index (κ3) is 3.94. The third-order valence-corrected chi connectivity index (χ3v) is 3.84. The number of rotatable bonds is 4. The van der Waals surface area contributed by atoms with Gasteiger partial charge in [-0.25, -0.2) is 0 Å². The number of carbonyl (C=O) groups excluding carboxylic acids is 1. The Morgan fingerprint density at radius 1 is 1.32 bits per heavy atom. The van der Waals surface area contributed by atoms with Gasteiger partial charge in [-0.15, -0.1) is 0 Å². The molecule has 0 atom stereocenters. The summed E-state index contributed by atoms with van der Waals surface area (Å²) < 4.78 is 4.99. The summed E-state index contributed by atoms with van der Waals surface area (Å²) in [5.41, 5.74) is 0.994. The Kier molecular flexibility index (Phi) is 4.77. The number of esters is 1. The van der Waals surface area contributed by atoms with E-state index in [-0.39, 0.29) is 11.5 Å². The average molecular weight is 263 g/mol. The van der Waals surface area contributed by atoms with Crippen LogP contribution in [0.3, 0.4) is 0 Å². The van der Waals surface area contributed by atoms with Gasteiger partial charge < -0.3 is 9.72 Å². The normalized spacial score (nSPS) is 23.0. The Balaban J connectivity index is 1.85. The van der Waals surface area contributed by atoms with Crippen LogP contribution < -0.4 is 5.56 Å². The van der Waals surface area contributed by atoms with Gasteiger partial charge in [-0.05, 0) is 50.5 Å². The molecule has 1 aliphatic carbocycles. The van der Waals surface area contributed by atoms with Crippen LogP contribution >= 0.6 is 0 Å². The lowest BCUT2D eigenvalue weighted by atomic mass is 9.79. The summed E-state index contributed by atoms with van der Waals surface area (Å²) >= 11 is 0. The SMILES string of the molecule is CCOC(=O)CC1CCC(c2cccc(=O)[nH]2)CC1. The summed E-state index contributed by atoms with van der Waals surface area (Å²) in [4.78, 5) is 25.6. The first-order valence-corrected chi connectivity index (χ1v) is 7.04. The Hall–Kier alpha value is -1.58. The number of carbonyl (C=O) groups is 1. The lowest BCUT2D eigenvalue weighted by Gasteiger charge is -2.27. The standard InChI is InChI=1S/C15H21NO3/c1-2-19-15(18)10-11-6-8-12(9-7-11)13-4-3-5-14(17)16-13/h3-5,11-12H,2,6-10H2,1H3,(H,16,17). The molecule has 1 aromatic rings. The average Bonchev–Trinajstić information content (AvgIpc) is 2.40. The van der Waals surface area contributed by atoms with Crippen molar-refractivity contribution in [2.45, 2.75) is 44.9 Å². The van der Waals surface area contributed by atoms with Gasteiger partial charge in [0, 0.05) is 18.2 Å². The predicted octanol–water partition coefficient (Wildman–Crippen LogP) is 2.60. The number of hydrogen-bond donors (Lipinski definition) is 1. The summed E-state index contributed by atoms with van der Waals surface area (Å²) in [5.74, 6) is 0.775. The maximum Gasteiger partial charge on any atom is 0.306 e. The molecule has 1 N–H and O–H groups in total. The van der Waals surface area contributed by atoms with Crippen LogP contribution in [0, 0.1) is 5.92 Å². The van der Waals surface area contributed by atoms with E-state index in [2.05, 4.69) is 4.98 Å². The first-order chi connectivity index (χ1) is 9.19. The highest BCUT2D eigenvalue weighted by molar-refractivity contribution is 5.69. The maximum atomic E-state index is 11.4. The first kappa shape index (κ1) is 13.8. The number of pyridine rings is 1. The van der Waals surface area contributed by atoms with E-state index in [4.69, 9.17) is 4.74 Å². The molecule has 1 aromatic heterocycles. The Morgan fingerprint density at radius 2 is 2.05 bits per heavy atom. The molecule has 19 heavy (non-hydrogen) atoms. The van der Waals surface area contributed by atoms with Crippen molar-refractivity contribution in [2.24, 2.45) is 5.92 Å². The summed E-state index contributed by atoms with van der Waals surface area (Å²) in [6.45, 7) is 2.29. The molecule has 0 aromatic carbocycles. The van der Waals surface area contributed by atoms with Crippen molar-refractivity contribution in [3.8, 4) is 0 Å². The minimum absolute atomic E-state index is 0.0360. The van der Waals surface area contributed by atoms with Gasteiger partial charge in [0.15, 0.2) is 0 Å². The quantitative estimate of drug-likeness (QED) is 0.849. The largest absolute Gasteiger partial charge is 0.466 e. The number of aromatic amines is 1. The number of H-pyrrole nitrogens is 1. The minimum atomic E-state index is -0.0842. The van der Waals surface area contributed by atoms with E-state index in [1.807, 2.05) is 13.0 Å². The lowest BCUT2D eigenvalue weighted by molar-refractivity contribution is -0.144. The summed E-state index contributed by atoms with van der Waals surface area (Å²) in [6.07, 6.45) is 4.65. The maximum absolute atomic E-state index is 11.4. The van der Waals surface area contributed by atoms with E-state index in [0.717, 1.165) is 31.4 Å². The molecule has 0 aliphatic heterocycles. The first-order valence-electron chi connectivity index (χ1n) is 7.04. The highest BCUT2D eigenvalue weighted by atomic mass is 16.5. The van der Waals surface area contributed by atoms with Gasteiger partial charge in [0.25, 0.3) is 0 Å². The van der Waals surface area contributed by atoms with Crippen molar-refractivity contribution in [3.05, 3.63) is 34.2 Å². The second kappa shape index (κ2) is 6.55. The fourth-order valence-corrected chi connectivity index (χ4v) is 2.84. The number of aromatic nitrogens is 1. The number of nitrogens with one attached hydrogen (secondary N) is 1. The monoisotopic (exact) mass is 263 g/mol. The third-order valence-electron chi connectivity index (χ3n) is 3.84. The van der Waals surface area contributed by atoms with E-state index in [0.29, 0.717) is 24.9 Å². The van der Waals surface area contributed by atoms with Crippen molar-refractivity contribution in [1.29, 1.82) is 0 Å². The topological polar surface area (TPSA) is 59.2 Å². The zero-order chi connectivity index (χ0) is 13.7. The fraction of sp³-hybridized carbons (Fsp3) is 0.600. The van der Waals surface area contributed by atoms with Crippen molar-refractivity contribution in [2.75, 3.05) is 6.61 Å². The molecule has 0 saturated heterocycles. The van der Waals surface area contributed by atoms with Gasteiger partial charge in [0.1, 0.15) is 0 Å². The molecule has 4 heteroatoms. The van der Waals surface area contributed by atoms with Crippen LogP contribution in [0.15, 0.2) is 23.0 Å². The molecule has 0 spiro atoms. The van der Waals surface area contributed by atoms with E-state index in [1.54, 1.807) is 6.07 Å². The Labute approximate surface area is 113 Å². The van der Waals surface area contributed by atoms with Gasteiger partial charge in [0.2, 0.25) is 5.56 Å². The highest BCUT2D eigenvalue weighted by Gasteiger charge is 2.24. The van der Waals surface area contributed by atoms with Crippen molar-refractivity contribution >= 4 is 5.97 Å². The molecule has 0 amide bonds. The lowest BCUT2D eigenvalue weighted by Crippen LogP contribution is -2.19. The number of hydrogen-bond acceptors (Lipinski definition) is 3. The molecule has 0 bridgehead atoms. The molecule has 1 fully saturated rings. The minimum Gasteiger partial charge on any atom is -0.466 e. The smallest absolute Gasteiger partial charge is 0.306 e. The Bertz CT molecular complexity index is 472. The van der Waals surface area contributed by atoms with Crippen LogP contribution in [0.4, 0.5) is 0 Å². The highest BCUT2D eigenvalue weighted by Crippen LogP contribution is 2.36. The van der Waals surface area contributed by atoms with Crippen LogP contribution in [0.1, 0.15) is 50.6 Å². The molecule has 2 rings (SSSR count). The summed E-state index contributed by atoms with van der Waals surface area (Å²) in [7, 11) is 0. The van der Waals surface area contributed by atoms with Crippen LogP contribution in [0.25, 0.3) is 0 Å². The Morgan fingerprint density at radius 3 is 2.68 bits per heavy atom. The zero-order valence-corrected chi connectivity index (χ0v) is 11.4. The van der Waals surface area contributed by atoms with Crippen LogP contribution in [-0.4, -0.2) is 17.6 Å². The van der Waals surface area contributed by atoms with Crippen molar-refractivity contribution < 1.29 is 9.53 Å². The van der Waals surface area contributed by atoms with Crippen LogP contribution in [0.2, 0.25) is 0 Å². The van der Waals surface area contributed by atoms with E-state index < -0.39 is 0 Å². The van der Waals surface area contributed by atoms with Crippen molar-refractivity contribution in [1.82, 2.24) is 4.98 Å². The molecular weight excluding hydrogens is 242 g/mol. The second-order valence-electron chi connectivity index (χ2n) is 5.20. The van der Waals surface area contributed by atoms with E-state index in [9.17, 15) is 9.59 Å². The summed E-state index contributed by atoms with van der Waals surface area (Å²) in [6, 6.07) is 5.33. The van der Waals surface area contributed by atoms with E-state index in [1.165, 1.54) is 6.07 Å². The van der Waals surface area contributed by atoms with Gasteiger partial charge >= 0.3 is 5.97 Å². The zero-order valence-electron chi connectivity index (χ0n) is 11.4. The molecule has 1 saturated carbocycles. The van der Waals surface area contributed by atoms with Crippen LogP contribution in [0.5, 0.6) is 0 Å². The van der Waals surface area contributed by atoms with Crippen molar-refractivity contribution in [3.63, 3.8) is 0 Å². The molecule has 104 valence electrons. The predicted molar refractivity (Wildman–Crippen MR) is 73.0 cm³/mol. The molecule has 0 unspecified atom stereocenters. The fourth-order valence-electron chi connectivity index (χ4n) is 2.84. The molecular formula is C15H21NO3. The molecule has 4 nitrogen and oxygen atoms in total. The molecule has 1 aliphatic rings. The van der Waals surface area contributed by atoms with Gasteiger partial charge in [-0.1, -0.05) is 6.07 Å². The van der Waals surface area contributed by atoms with E-state index >= 15 is 0 Å². The second-order valence-corrected chi connectivity index (χ2v) is 5.20. The van der Waals surface area contributed by atoms with Gasteiger partial charge in [-0.2, -0.15) is 0 Å². The number of ether oxygens (including phenoxy) is 1. The summed E-state index contributed by atoms with van der Waals surface area (Å²) in [5, 5.41) is 0. The van der Waals surface area contributed by atoms with Crippen LogP contribution in [-0.2, 0) is 9.53 Å². The van der Waals surface area contributed by atoms with Gasteiger partial charge in [-0.3, -0.25) is 9.59 Å². The van der Waals surface area contributed by atoms with Gasteiger partial charge in [0.05, 0.1) is 6.61 Å². The molecule has 1 heterocycles. The molecule has 0 radical (unpaired) electrons.